The van der Waals surface area contributed by atoms with Crippen LogP contribution >= 0.6 is 0 Å². The van der Waals surface area contributed by atoms with Crippen molar-refractivity contribution in [3.63, 3.8) is 0 Å². The van der Waals surface area contributed by atoms with Crippen LogP contribution in [0.25, 0.3) is 0 Å². The minimum atomic E-state index is -0.738. The molecule has 0 bridgehead atoms. The number of rotatable bonds is 7. The van der Waals surface area contributed by atoms with Crippen molar-refractivity contribution in [3.05, 3.63) is 41.7 Å². The number of tetrazole rings is 1. The molecular formula is C14H18N4O3. The normalized spacial score (nSPS) is 11.3. The predicted octanol–water partition coefficient (Wildman–Crippen LogP) is 1.49. The minimum absolute atomic E-state index is 0.00253. The summed E-state index contributed by atoms with van der Waals surface area (Å²) in [5.41, 5.74) is 0.326. The lowest BCUT2D eigenvalue weighted by Crippen LogP contribution is -2.31. The van der Waals surface area contributed by atoms with Crippen LogP contribution in [0.2, 0.25) is 0 Å². The topological polar surface area (TPSA) is 90.0 Å². The first-order chi connectivity index (χ1) is 10.1. The zero-order valence-electron chi connectivity index (χ0n) is 12.1. The van der Waals surface area contributed by atoms with Gasteiger partial charge in [-0.2, -0.15) is 5.21 Å². The van der Waals surface area contributed by atoms with E-state index in [9.17, 15) is 4.79 Å². The van der Waals surface area contributed by atoms with Crippen molar-refractivity contribution in [1.82, 2.24) is 20.6 Å². The van der Waals surface area contributed by atoms with Crippen LogP contribution in [-0.4, -0.2) is 33.2 Å². The Hall–Kier alpha value is -2.28. The number of benzene rings is 1. The Kier molecular flexibility index (Phi) is 4.99. The second-order valence-electron chi connectivity index (χ2n) is 5.27. The molecule has 2 rings (SSSR count). The fraction of sp³-hybridized carbons (Fsp3) is 0.429. The summed E-state index contributed by atoms with van der Waals surface area (Å²) in [6, 6.07) is 9.79. The molecular weight excluding hydrogens is 272 g/mol. The number of nitrogens with zero attached hydrogens (tertiary/aromatic N) is 3. The molecule has 2 aromatic rings. The number of aromatic amines is 1. The molecule has 7 nitrogen and oxygen atoms in total. The third kappa shape index (κ3) is 4.64. The summed E-state index contributed by atoms with van der Waals surface area (Å²) in [5.74, 6) is -0.0234. The van der Waals surface area contributed by atoms with E-state index in [2.05, 4.69) is 20.6 Å². The molecule has 0 aliphatic carbocycles. The molecule has 0 aliphatic rings. The molecule has 0 saturated heterocycles. The quantitative estimate of drug-likeness (QED) is 0.777. The van der Waals surface area contributed by atoms with Crippen LogP contribution in [-0.2, 0) is 27.5 Å². The fourth-order valence-corrected chi connectivity index (χ4v) is 1.63. The number of nitrogens with one attached hydrogen (secondary N) is 1. The molecule has 0 unspecified atom stereocenters. The first-order valence-electron chi connectivity index (χ1n) is 6.59. The average Bonchev–Trinajstić information content (AvgIpc) is 2.99. The van der Waals surface area contributed by atoms with Gasteiger partial charge in [-0.3, -0.25) is 4.79 Å². The molecule has 0 spiro atoms. The molecule has 0 amide bonds. The maximum absolute atomic E-state index is 12.0. The van der Waals surface area contributed by atoms with E-state index in [1.54, 1.807) is 13.8 Å². The molecule has 0 saturated carbocycles. The van der Waals surface area contributed by atoms with Gasteiger partial charge < -0.3 is 9.47 Å². The Labute approximate surface area is 122 Å². The van der Waals surface area contributed by atoms with E-state index in [1.165, 1.54) is 0 Å². The third-order valence-corrected chi connectivity index (χ3v) is 2.85. The molecule has 21 heavy (non-hydrogen) atoms. The standard InChI is InChI=1S/C14H18N4O3/c1-14(2,10-20-8-11-6-4-3-5-7-11)13(19)21-9-12-15-17-18-16-12/h3-7H,8-10H2,1-2H3,(H,15,16,17,18). The minimum Gasteiger partial charge on any atom is -0.457 e. The van der Waals surface area contributed by atoms with Gasteiger partial charge in [0, 0.05) is 0 Å². The maximum Gasteiger partial charge on any atom is 0.314 e. The summed E-state index contributed by atoms with van der Waals surface area (Å²) in [7, 11) is 0. The number of hydrogen-bond donors (Lipinski definition) is 1. The highest BCUT2D eigenvalue weighted by Crippen LogP contribution is 2.19. The van der Waals surface area contributed by atoms with E-state index < -0.39 is 5.41 Å². The van der Waals surface area contributed by atoms with E-state index in [4.69, 9.17) is 9.47 Å². The van der Waals surface area contributed by atoms with E-state index in [-0.39, 0.29) is 19.2 Å². The van der Waals surface area contributed by atoms with Crippen molar-refractivity contribution in [2.45, 2.75) is 27.1 Å². The SMILES string of the molecule is CC(C)(COCc1ccccc1)C(=O)OCc1nn[nH]n1. The van der Waals surface area contributed by atoms with Gasteiger partial charge in [0.1, 0.15) is 0 Å². The Morgan fingerprint density at radius 2 is 2.00 bits per heavy atom. The Morgan fingerprint density at radius 1 is 1.24 bits per heavy atom. The Bertz CT molecular complexity index is 555. The summed E-state index contributed by atoms with van der Waals surface area (Å²) in [4.78, 5) is 12.0. The molecule has 7 heteroatoms. The van der Waals surface area contributed by atoms with Gasteiger partial charge in [-0.05, 0) is 19.4 Å². The van der Waals surface area contributed by atoms with Crippen LogP contribution in [0, 0.1) is 5.41 Å². The van der Waals surface area contributed by atoms with Gasteiger partial charge in [0.25, 0.3) is 0 Å². The Morgan fingerprint density at radius 3 is 2.67 bits per heavy atom. The van der Waals surface area contributed by atoms with Crippen LogP contribution in [0.1, 0.15) is 25.2 Å². The monoisotopic (exact) mass is 290 g/mol. The van der Waals surface area contributed by atoms with Crippen LogP contribution in [0.4, 0.5) is 0 Å². The largest absolute Gasteiger partial charge is 0.457 e. The lowest BCUT2D eigenvalue weighted by Gasteiger charge is -2.22. The highest BCUT2D eigenvalue weighted by molar-refractivity contribution is 5.76. The van der Waals surface area contributed by atoms with Gasteiger partial charge in [-0.15, -0.1) is 10.2 Å². The average molecular weight is 290 g/mol. The number of H-pyrrole nitrogens is 1. The van der Waals surface area contributed by atoms with Crippen LogP contribution in [0.15, 0.2) is 30.3 Å². The second kappa shape index (κ2) is 6.94. The van der Waals surface area contributed by atoms with E-state index in [0.717, 1.165) is 5.56 Å². The lowest BCUT2D eigenvalue weighted by molar-refractivity contribution is -0.159. The van der Waals surface area contributed by atoms with Gasteiger partial charge in [0.15, 0.2) is 6.61 Å². The number of carbonyl (C=O) groups excluding carboxylic acids is 1. The van der Waals surface area contributed by atoms with Crippen molar-refractivity contribution < 1.29 is 14.3 Å². The van der Waals surface area contributed by atoms with Crippen LogP contribution in [0.5, 0.6) is 0 Å². The maximum atomic E-state index is 12.0. The lowest BCUT2D eigenvalue weighted by atomic mass is 9.95. The van der Waals surface area contributed by atoms with Crippen LogP contribution < -0.4 is 0 Å². The van der Waals surface area contributed by atoms with Gasteiger partial charge in [0.05, 0.1) is 18.6 Å². The third-order valence-electron chi connectivity index (χ3n) is 2.85. The number of hydrogen-bond acceptors (Lipinski definition) is 6. The molecule has 1 N–H and O–H groups in total. The number of carbonyl (C=O) groups is 1. The summed E-state index contributed by atoms with van der Waals surface area (Å²) in [5, 5.41) is 13.1. The van der Waals surface area contributed by atoms with Crippen molar-refractivity contribution in [2.24, 2.45) is 5.41 Å². The summed E-state index contributed by atoms with van der Waals surface area (Å²) in [6.07, 6.45) is 0. The highest BCUT2D eigenvalue weighted by atomic mass is 16.5. The van der Waals surface area contributed by atoms with Crippen molar-refractivity contribution >= 4 is 5.97 Å². The predicted molar refractivity (Wildman–Crippen MR) is 73.9 cm³/mol. The summed E-state index contributed by atoms with van der Waals surface area (Å²) >= 11 is 0. The van der Waals surface area contributed by atoms with Crippen molar-refractivity contribution in [1.29, 1.82) is 0 Å². The van der Waals surface area contributed by atoms with Gasteiger partial charge >= 0.3 is 5.97 Å². The van der Waals surface area contributed by atoms with E-state index >= 15 is 0 Å². The van der Waals surface area contributed by atoms with Crippen molar-refractivity contribution in [3.8, 4) is 0 Å². The molecule has 1 aromatic carbocycles. The zero-order chi connectivity index (χ0) is 15.1. The fourth-order valence-electron chi connectivity index (χ4n) is 1.63. The first-order valence-corrected chi connectivity index (χ1v) is 6.59. The van der Waals surface area contributed by atoms with Crippen molar-refractivity contribution in [2.75, 3.05) is 6.61 Å². The first kappa shape index (κ1) is 15.1. The van der Waals surface area contributed by atoms with Crippen LogP contribution in [0.3, 0.4) is 0 Å². The molecule has 0 aliphatic heterocycles. The Balaban J connectivity index is 1.76. The van der Waals surface area contributed by atoms with E-state index in [0.29, 0.717) is 12.4 Å². The van der Waals surface area contributed by atoms with Gasteiger partial charge in [-0.25, -0.2) is 0 Å². The summed E-state index contributed by atoms with van der Waals surface area (Å²) in [6.45, 7) is 4.28. The second-order valence-corrected chi connectivity index (χ2v) is 5.27. The molecule has 1 aromatic heterocycles. The number of esters is 1. The molecule has 0 atom stereocenters. The number of aromatic nitrogens is 4. The smallest absolute Gasteiger partial charge is 0.314 e. The molecule has 0 radical (unpaired) electrons. The molecule has 0 fully saturated rings. The highest BCUT2D eigenvalue weighted by Gasteiger charge is 2.30. The van der Waals surface area contributed by atoms with Gasteiger partial charge in [-0.1, -0.05) is 35.5 Å². The molecule has 112 valence electrons. The summed E-state index contributed by atoms with van der Waals surface area (Å²) < 4.78 is 10.7. The number of ether oxygens (including phenoxy) is 2. The van der Waals surface area contributed by atoms with Gasteiger partial charge in [0.2, 0.25) is 5.82 Å². The molecule has 1 heterocycles. The van der Waals surface area contributed by atoms with E-state index in [1.807, 2.05) is 30.3 Å². The zero-order valence-corrected chi connectivity index (χ0v) is 12.1.